The molecule has 1 fully saturated rings. The fraction of sp³-hybridized carbons (Fsp3) is 0.529. The highest BCUT2D eigenvalue weighted by molar-refractivity contribution is 5.77. The SMILES string of the molecule is OC(c1cc2cc(F)ccc2o1)C1CCCCCCC1. The summed E-state index contributed by atoms with van der Waals surface area (Å²) < 4.78 is 18.9. The Morgan fingerprint density at radius 3 is 2.50 bits per heavy atom. The molecule has 2 aromatic rings. The number of furan rings is 1. The molecule has 0 radical (unpaired) electrons. The van der Waals surface area contributed by atoms with Crippen LogP contribution in [0.4, 0.5) is 4.39 Å². The summed E-state index contributed by atoms with van der Waals surface area (Å²) in [5, 5.41) is 11.3. The molecule has 3 heteroatoms. The minimum absolute atomic E-state index is 0.265. The van der Waals surface area contributed by atoms with Crippen LogP contribution in [0.5, 0.6) is 0 Å². The molecule has 20 heavy (non-hydrogen) atoms. The lowest BCUT2D eigenvalue weighted by Crippen LogP contribution is -2.13. The van der Waals surface area contributed by atoms with Crippen molar-refractivity contribution in [2.45, 2.75) is 51.0 Å². The Hall–Kier alpha value is -1.35. The lowest BCUT2D eigenvalue weighted by atomic mass is 9.86. The Bertz CT molecular complexity index is 567. The Morgan fingerprint density at radius 1 is 1.05 bits per heavy atom. The molecule has 1 aliphatic rings. The van der Waals surface area contributed by atoms with Crippen LogP contribution in [0.2, 0.25) is 0 Å². The first-order chi connectivity index (χ1) is 9.74. The summed E-state index contributed by atoms with van der Waals surface area (Å²) >= 11 is 0. The molecule has 1 atom stereocenters. The molecule has 1 saturated carbocycles. The maximum atomic E-state index is 13.2. The van der Waals surface area contributed by atoms with E-state index in [0.717, 1.165) is 18.2 Å². The second-order valence-corrected chi connectivity index (χ2v) is 5.88. The van der Waals surface area contributed by atoms with Gasteiger partial charge in [0.15, 0.2) is 0 Å². The van der Waals surface area contributed by atoms with Crippen LogP contribution in [-0.4, -0.2) is 5.11 Å². The topological polar surface area (TPSA) is 33.4 Å². The largest absolute Gasteiger partial charge is 0.458 e. The summed E-state index contributed by atoms with van der Waals surface area (Å²) in [6.45, 7) is 0. The molecule has 108 valence electrons. The van der Waals surface area contributed by atoms with Crippen LogP contribution in [0.1, 0.15) is 56.8 Å². The molecule has 0 bridgehead atoms. The molecule has 1 N–H and O–H groups in total. The van der Waals surface area contributed by atoms with Crippen molar-refractivity contribution in [1.82, 2.24) is 0 Å². The predicted molar refractivity (Wildman–Crippen MR) is 76.9 cm³/mol. The van der Waals surface area contributed by atoms with Crippen LogP contribution < -0.4 is 0 Å². The van der Waals surface area contributed by atoms with Crippen LogP contribution in [0.15, 0.2) is 28.7 Å². The second kappa shape index (κ2) is 5.96. The summed E-state index contributed by atoms with van der Waals surface area (Å²) in [4.78, 5) is 0. The van der Waals surface area contributed by atoms with Gasteiger partial charge in [-0.3, -0.25) is 0 Å². The first-order valence-electron chi connectivity index (χ1n) is 7.61. The van der Waals surface area contributed by atoms with Crippen LogP contribution in [0.25, 0.3) is 11.0 Å². The van der Waals surface area contributed by atoms with Crippen molar-refractivity contribution in [1.29, 1.82) is 0 Å². The molecular formula is C17H21FO2. The van der Waals surface area contributed by atoms with Crippen LogP contribution in [0, 0.1) is 11.7 Å². The number of fused-ring (bicyclic) bond motifs is 1. The third kappa shape index (κ3) is 2.88. The molecule has 1 aromatic carbocycles. The highest BCUT2D eigenvalue weighted by Gasteiger charge is 2.24. The van der Waals surface area contributed by atoms with Crippen molar-refractivity contribution in [3.05, 3.63) is 35.8 Å². The summed E-state index contributed by atoms with van der Waals surface area (Å²) in [7, 11) is 0. The third-order valence-corrected chi connectivity index (χ3v) is 4.39. The van der Waals surface area contributed by atoms with Crippen molar-refractivity contribution in [2.24, 2.45) is 5.92 Å². The molecule has 3 rings (SSSR count). The van der Waals surface area contributed by atoms with E-state index in [0.29, 0.717) is 11.3 Å². The summed E-state index contributed by atoms with van der Waals surface area (Å²) in [5.74, 6) is 0.571. The first-order valence-corrected chi connectivity index (χ1v) is 7.61. The number of benzene rings is 1. The number of rotatable bonds is 2. The van der Waals surface area contributed by atoms with E-state index in [-0.39, 0.29) is 11.7 Å². The number of halogens is 1. The summed E-state index contributed by atoms with van der Waals surface area (Å²) in [6, 6.07) is 6.24. The fourth-order valence-corrected chi connectivity index (χ4v) is 3.22. The quantitative estimate of drug-likeness (QED) is 0.840. The molecule has 1 aliphatic carbocycles. The van der Waals surface area contributed by atoms with E-state index in [1.165, 1.54) is 44.2 Å². The van der Waals surface area contributed by atoms with Crippen LogP contribution >= 0.6 is 0 Å². The average Bonchev–Trinajstić information content (AvgIpc) is 2.80. The van der Waals surface area contributed by atoms with Crippen LogP contribution in [0.3, 0.4) is 0 Å². The smallest absolute Gasteiger partial charge is 0.134 e. The van der Waals surface area contributed by atoms with Crippen molar-refractivity contribution < 1.29 is 13.9 Å². The van der Waals surface area contributed by atoms with Gasteiger partial charge in [0.2, 0.25) is 0 Å². The van der Waals surface area contributed by atoms with E-state index in [1.807, 2.05) is 0 Å². The molecule has 2 nitrogen and oxygen atoms in total. The van der Waals surface area contributed by atoms with Gasteiger partial charge in [-0.2, -0.15) is 0 Å². The van der Waals surface area contributed by atoms with E-state index in [1.54, 1.807) is 12.1 Å². The number of hydrogen-bond donors (Lipinski definition) is 1. The second-order valence-electron chi connectivity index (χ2n) is 5.88. The van der Waals surface area contributed by atoms with Crippen molar-refractivity contribution in [2.75, 3.05) is 0 Å². The van der Waals surface area contributed by atoms with E-state index >= 15 is 0 Å². The van der Waals surface area contributed by atoms with E-state index < -0.39 is 6.10 Å². The molecule has 0 spiro atoms. The van der Waals surface area contributed by atoms with Gasteiger partial charge in [-0.05, 0) is 43.0 Å². The van der Waals surface area contributed by atoms with Crippen molar-refractivity contribution in [3.63, 3.8) is 0 Å². The van der Waals surface area contributed by atoms with Gasteiger partial charge in [0.1, 0.15) is 23.3 Å². The van der Waals surface area contributed by atoms with Crippen LogP contribution in [-0.2, 0) is 0 Å². The number of aliphatic hydroxyl groups excluding tert-OH is 1. The Kier molecular flexibility index (Phi) is 4.06. The Balaban J connectivity index is 1.81. The van der Waals surface area contributed by atoms with Crippen molar-refractivity contribution in [3.8, 4) is 0 Å². The van der Waals surface area contributed by atoms with E-state index in [4.69, 9.17) is 4.42 Å². The highest BCUT2D eigenvalue weighted by atomic mass is 19.1. The monoisotopic (exact) mass is 276 g/mol. The normalized spacial score (nSPS) is 19.7. The van der Waals surface area contributed by atoms with Gasteiger partial charge in [-0.15, -0.1) is 0 Å². The lowest BCUT2D eigenvalue weighted by Gasteiger charge is -2.23. The highest BCUT2D eigenvalue weighted by Crippen LogP contribution is 2.35. The Labute approximate surface area is 118 Å². The number of hydrogen-bond acceptors (Lipinski definition) is 2. The molecule has 1 unspecified atom stereocenters. The van der Waals surface area contributed by atoms with Gasteiger partial charge in [-0.25, -0.2) is 4.39 Å². The van der Waals surface area contributed by atoms with Gasteiger partial charge in [0.05, 0.1) is 0 Å². The minimum atomic E-state index is -0.566. The minimum Gasteiger partial charge on any atom is -0.458 e. The lowest BCUT2D eigenvalue weighted by molar-refractivity contribution is 0.0726. The first kappa shape index (κ1) is 13.6. The molecule has 1 aromatic heterocycles. The zero-order valence-corrected chi connectivity index (χ0v) is 11.6. The molecular weight excluding hydrogens is 255 g/mol. The third-order valence-electron chi connectivity index (χ3n) is 4.39. The van der Waals surface area contributed by atoms with Gasteiger partial charge in [0, 0.05) is 5.39 Å². The van der Waals surface area contributed by atoms with E-state index in [2.05, 4.69) is 0 Å². The van der Waals surface area contributed by atoms with Crippen molar-refractivity contribution >= 4 is 11.0 Å². The maximum absolute atomic E-state index is 13.2. The summed E-state index contributed by atoms with van der Waals surface area (Å²) in [6.07, 6.45) is 7.71. The summed E-state index contributed by atoms with van der Waals surface area (Å²) in [5.41, 5.74) is 0.645. The predicted octanol–water partition coefficient (Wildman–Crippen LogP) is 4.97. The van der Waals surface area contributed by atoms with Gasteiger partial charge in [-0.1, -0.05) is 32.1 Å². The zero-order valence-electron chi connectivity index (χ0n) is 11.6. The molecule has 0 saturated heterocycles. The number of aliphatic hydroxyl groups is 1. The van der Waals surface area contributed by atoms with Gasteiger partial charge in [0.25, 0.3) is 0 Å². The standard InChI is InChI=1S/C17H21FO2/c18-14-8-9-15-13(10-14)11-16(20-15)17(19)12-6-4-2-1-3-5-7-12/h8-12,17,19H,1-7H2. The average molecular weight is 276 g/mol. The zero-order chi connectivity index (χ0) is 13.9. The maximum Gasteiger partial charge on any atom is 0.134 e. The van der Waals surface area contributed by atoms with E-state index in [9.17, 15) is 9.50 Å². The molecule has 1 heterocycles. The van der Waals surface area contributed by atoms with Gasteiger partial charge >= 0.3 is 0 Å². The Morgan fingerprint density at radius 2 is 1.75 bits per heavy atom. The van der Waals surface area contributed by atoms with Gasteiger partial charge < -0.3 is 9.52 Å². The molecule has 0 aliphatic heterocycles. The fourth-order valence-electron chi connectivity index (χ4n) is 3.22. The molecule has 0 amide bonds.